The van der Waals surface area contributed by atoms with E-state index in [1.165, 1.54) is 7.11 Å². The fraction of sp³-hybridized carbons (Fsp3) is 0.577. The first-order chi connectivity index (χ1) is 16.9. The Morgan fingerprint density at radius 3 is 2.71 bits per heavy atom. The van der Waals surface area contributed by atoms with Crippen LogP contribution in [-0.2, 0) is 9.47 Å². The molecule has 0 radical (unpaired) electrons. The Hall–Kier alpha value is -3.07. The summed E-state index contributed by atoms with van der Waals surface area (Å²) in [5.74, 6) is -0.258. The standard InChI is InChI=1S/C26H34N2O7/c1-5-6-9-34-17-12-18-22(27-21(17)15-7-10-33-11-8-15)23-19(16(13-35-18)14(2)3)24(29)20(25(30)28-23)26(31)32-4/h12,14-16H,5-11,13H2,1-4H3,(H2,28,29,30). The molecular formula is C26H34N2O7. The minimum atomic E-state index is -0.894. The Morgan fingerprint density at radius 1 is 1.31 bits per heavy atom. The zero-order valence-electron chi connectivity index (χ0n) is 20.8. The lowest BCUT2D eigenvalue weighted by Crippen LogP contribution is -2.24. The highest BCUT2D eigenvalue weighted by Gasteiger charge is 2.35. The number of ether oxygens (including phenoxy) is 4. The maximum atomic E-state index is 12.9. The average Bonchev–Trinajstić information content (AvgIpc) is 3.01. The number of pyridine rings is 2. The number of carbonyl (C=O) groups excluding carboxylic acids is 1. The van der Waals surface area contributed by atoms with Crippen molar-refractivity contribution in [2.75, 3.05) is 33.5 Å². The molecule has 0 amide bonds. The number of carbonyl (C=O) groups is 1. The summed E-state index contributed by atoms with van der Waals surface area (Å²) in [5.41, 5.74) is 0.864. The third-order valence-corrected chi connectivity index (χ3v) is 6.79. The van der Waals surface area contributed by atoms with E-state index in [0.29, 0.717) is 48.3 Å². The molecule has 0 bridgehead atoms. The molecule has 0 aromatic carbocycles. The summed E-state index contributed by atoms with van der Waals surface area (Å²) < 4.78 is 22.6. The Kier molecular flexibility index (Phi) is 7.64. The molecule has 1 fully saturated rings. The Labute approximate surface area is 204 Å². The predicted octanol–water partition coefficient (Wildman–Crippen LogP) is 4.13. The molecule has 0 aliphatic carbocycles. The summed E-state index contributed by atoms with van der Waals surface area (Å²) in [6.07, 6.45) is 3.54. The molecule has 2 aromatic heterocycles. The largest absolute Gasteiger partial charge is 0.506 e. The quantitative estimate of drug-likeness (QED) is 0.443. The fourth-order valence-corrected chi connectivity index (χ4v) is 4.72. The summed E-state index contributed by atoms with van der Waals surface area (Å²) in [6, 6.07) is 1.85. The maximum absolute atomic E-state index is 12.9. The van der Waals surface area contributed by atoms with Crippen LogP contribution >= 0.6 is 0 Å². The monoisotopic (exact) mass is 486 g/mol. The third kappa shape index (κ3) is 4.87. The van der Waals surface area contributed by atoms with E-state index in [1.54, 1.807) is 0 Å². The Balaban J connectivity index is 1.94. The second kappa shape index (κ2) is 10.7. The molecule has 1 unspecified atom stereocenters. The van der Waals surface area contributed by atoms with Crippen LogP contribution in [0.1, 0.15) is 79.9 Å². The molecule has 4 heterocycles. The van der Waals surface area contributed by atoms with Crippen molar-refractivity contribution in [2.45, 2.75) is 58.3 Å². The molecule has 2 aromatic rings. The second-order valence-electron chi connectivity index (χ2n) is 9.43. The first kappa shape index (κ1) is 25.0. The molecule has 4 rings (SSSR count). The van der Waals surface area contributed by atoms with Crippen LogP contribution in [0.15, 0.2) is 10.9 Å². The number of rotatable bonds is 7. The van der Waals surface area contributed by atoms with Gasteiger partial charge in [0.05, 0.1) is 31.7 Å². The van der Waals surface area contributed by atoms with Crippen molar-refractivity contribution in [3.8, 4) is 28.6 Å². The zero-order valence-corrected chi connectivity index (χ0v) is 20.8. The molecule has 9 nitrogen and oxygen atoms in total. The highest BCUT2D eigenvalue weighted by molar-refractivity contribution is 5.93. The number of fused-ring (bicyclic) bond motifs is 3. The SMILES string of the molecule is CCCCOc1cc2c(nc1C1CCOCC1)-c1[nH]c(=O)c(C(=O)OC)c(O)c1C(C(C)C)CO2. The lowest BCUT2D eigenvalue weighted by atomic mass is 9.86. The normalized spacial score (nSPS) is 17.8. The van der Waals surface area contributed by atoms with Gasteiger partial charge < -0.3 is 29.0 Å². The summed E-state index contributed by atoms with van der Waals surface area (Å²) in [4.78, 5) is 33.0. The van der Waals surface area contributed by atoms with Crippen molar-refractivity contribution in [3.63, 3.8) is 0 Å². The highest BCUT2D eigenvalue weighted by Crippen LogP contribution is 2.46. The lowest BCUT2D eigenvalue weighted by molar-refractivity contribution is 0.0594. The number of aromatic amines is 1. The lowest BCUT2D eigenvalue weighted by Gasteiger charge is -2.25. The summed E-state index contributed by atoms with van der Waals surface area (Å²) >= 11 is 0. The molecule has 9 heteroatoms. The van der Waals surface area contributed by atoms with Gasteiger partial charge in [-0.05, 0) is 25.2 Å². The summed E-state index contributed by atoms with van der Waals surface area (Å²) in [5, 5.41) is 11.2. The van der Waals surface area contributed by atoms with Crippen LogP contribution in [0.5, 0.6) is 17.2 Å². The van der Waals surface area contributed by atoms with E-state index in [1.807, 2.05) is 19.9 Å². The third-order valence-electron chi connectivity index (χ3n) is 6.79. The van der Waals surface area contributed by atoms with Crippen molar-refractivity contribution in [2.24, 2.45) is 5.92 Å². The fourth-order valence-electron chi connectivity index (χ4n) is 4.72. The smallest absolute Gasteiger partial charge is 0.347 e. The van der Waals surface area contributed by atoms with Gasteiger partial charge in [-0.2, -0.15) is 0 Å². The van der Waals surface area contributed by atoms with E-state index >= 15 is 0 Å². The van der Waals surface area contributed by atoms with Gasteiger partial charge in [-0.3, -0.25) is 4.79 Å². The van der Waals surface area contributed by atoms with Gasteiger partial charge in [0.2, 0.25) is 0 Å². The van der Waals surface area contributed by atoms with Gasteiger partial charge in [-0.1, -0.05) is 27.2 Å². The minimum absolute atomic E-state index is 0.0422. The van der Waals surface area contributed by atoms with E-state index in [-0.39, 0.29) is 30.1 Å². The number of nitrogens with one attached hydrogen (secondary N) is 1. The van der Waals surface area contributed by atoms with Crippen LogP contribution < -0.4 is 15.0 Å². The predicted molar refractivity (Wildman–Crippen MR) is 130 cm³/mol. The van der Waals surface area contributed by atoms with Gasteiger partial charge in [0.15, 0.2) is 11.3 Å². The van der Waals surface area contributed by atoms with Crippen molar-refractivity contribution in [3.05, 3.63) is 33.2 Å². The van der Waals surface area contributed by atoms with E-state index in [2.05, 4.69) is 11.9 Å². The van der Waals surface area contributed by atoms with Crippen molar-refractivity contribution in [1.29, 1.82) is 0 Å². The second-order valence-corrected chi connectivity index (χ2v) is 9.43. The molecule has 0 saturated carbocycles. The maximum Gasteiger partial charge on any atom is 0.347 e. The van der Waals surface area contributed by atoms with Crippen LogP contribution in [0.25, 0.3) is 11.4 Å². The molecule has 190 valence electrons. The van der Waals surface area contributed by atoms with Crippen LogP contribution in [-0.4, -0.2) is 54.6 Å². The van der Waals surface area contributed by atoms with Crippen LogP contribution in [0.3, 0.4) is 0 Å². The van der Waals surface area contributed by atoms with Gasteiger partial charge in [0.1, 0.15) is 17.2 Å². The van der Waals surface area contributed by atoms with Gasteiger partial charge in [0.25, 0.3) is 5.56 Å². The Bertz CT molecular complexity index is 1140. The molecule has 2 aliphatic rings. The molecule has 1 atom stereocenters. The van der Waals surface area contributed by atoms with E-state index in [4.69, 9.17) is 23.9 Å². The van der Waals surface area contributed by atoms with Gasteiger partial charge in [-0.15, -0.1) is 0 Å². The van der Waals surface area contributed by atoms with Crippen molar-refractivity contribution >= 4 is 5.97 Å². The number of methoxy groups -OCH3 is 1. The molecule has 35 heavy (non-hydrogen) atoms. The molecule has 2 aliphatic heterocycles. The first-order valence-electron chi connectivity index (χ1n) is 12.3. The number of aromatic hydroxyl groups is 1. The average molecular weight is 487 g/mol. The summed E-state index contributed by atoms with van der Waals surface area (Å²) in [6.45, 7) is 8.19. The van der Waals surface area contributed by atoms with Crippen molar-refractivity contribution < 1.29 is 28.8 Å². The number of hydrogen-bond donors (Lipinski definition) is 2. The minimum Gasteiger partial charge on any atom is -0.506 e. The highest BCUT2D eigenvalue weighted by atomic mass is 16.5. The molecular weight excluding hydrogens is 452 g/mol. The molecule has 1 saturated heterocycles. The first-order valence-corrected chi connectivity index (χ1v) is 12.3. The number of nitrogens with zero attached hydrogens (tertiary/aromatic N) is 1. The van der Waals surface area contributed by atoms with Gasteiger partial charge in [0, 0.05) is 36.7 Å². The number of esters is 1. The Morgan fingerprint density at radius 2 is 2.06 bits per heavy atom. The number of unbranched alkanes of at least 4 members (excludes halogenated alkanes) is 1. The van der Waals surface area contributed by atoms with Crippen molar-refractivity contribution in [1.82, 2.24) is 9.97 Å². The number of H-pyrrole nitrogens is 1. The number of hydrogen-bond acceptors (Lipinski definition) is 8. The van der Waals surface area contributed by atoms with E-state index < -0.39 is 17.1 Å². The van der Waals surface area contributed by atoms with Crippen LogP contribution in [0, 0.1) is 5.92 Å². The van der Waals surface area contributed by atoms with Gasteiger partial charge in [-0.25, -0.2) is 9.78 Å². The molecule has 2 N–H and O–H groups in total. The van der Waals surface area contributed by atoms with Crippen LogP contribution in [0.4, 0.5) is 0 Å². The van der Waals surface area contributed by atoms with Crippen LogP contribution in [0.2, 0.25) is 0 Å². The van der Waals surface area contributed by atoms with E-state index in [9.17, 15) is 14.7 Å². The van der Waals surface area contributed by atoms with Gasteiger partial charge >= 0.3 is 5.97 Å². The summed E-state index contributed by atoms with van der Waals surface area (Å²) in [7, 11) is 1.17. The van der Waals surface area contributed by atoms with E-state index in [0.717, 1.165) is 31.4 Å². The topological polar surface area (TPSA) is 120 Å². The number of aromatic nitrogens is 2. The molecule has 0 spiro atoms. The zero-order chi connectivity index (χ0) is 25.1.